The first-order valence-corrected chi connectivity index (χ1v) is 12.4. The third kappa shape index (κ3) is 5.83. The lowest BCUT2D eigenvalue weighted by molar-refractivity contribution is 0.687. The van der Waals surface area contributed by atoms with Gasteiger partial charge < -0.3 is 0 Å². The molecule has 0 heterocycles. The predicted molar refractivity (Wildman–Crippen MR) is 137 cm³/mol. The van der Waals surface area contributed by atoms with E-state index in [1.807, 2.05) is 72.8 Å². The van der Waals surface area contributed by atoms with Gasteiger partial charge in [-0.1, -0.05) is 73.5 Å². The van der Waals surface area contributed by atoms with E-state index in [9.17, 15) is 8.42 Å². The van der Waals surface area contributed by atoms with Crippen LogP contribution in [0.15, 0.2) is 86.0 Å². The molecular weight excluding hydrogens is 432 g/mol. The lowest BCUT2D eigenvalue weighted by atomic mass is 10.1. The Morgan fingerprint density at radius 1 is 0.625 bits per heavy atom. The minimum absolute atomic E-state index is 0.354. The lowest BCUT2D eigenvalue weighted by Crippen LogP contribution is -2.00. The molecule has 0 fully saturated rings. The van der Waals surface area contributed by atoms with Crippen molar-refractivity contribution < 1.29 is 8.42 Å². The van der Waals surface area contributed by atoms with Crippen LogP contribution in [0.5, 0.6) is 0 Å². The zero-order valence-corrected chi connectivity index (χ0v) is 19.2. The van der Waals surface area contributed by atoms with E-state index in [1.54, 1.807) is 0 Å². The third-order valence-corrected chi connectivity index (χ3v) is 7.68. The van der Waals surface area contributed by atoms with Crippen LogP contribution in [-0.2, 0) is 33.1 Å². The summed E-state index contributed by atoms with van der Waals surface area (Å²) in [6.45, 7) is 7.96. The maximum absolute atomic E-state index is 12.7. The average molecular weight is 455 g/mol. The molecule has 3 aromatic carbocycles. The van der Waals surface area contributed by atoms with Gasteiger partial charge in [-0.25, -0.2) is 0 Å². The number of benzene rings is 3. The van der Waals surface area contributed by atoms with Crippen LogP contribution in [0.25, 0.3) is 9.81 Å². The van der Waals surface area contributed by atoms with E-state index < -0.39 is 21.6 Å². The van der Waals surface area contributed by atoms with Gasteiger partial charge in [0.1, 0.15) is 0 Å². The molecule has 0 N–H and O–H groups in total. The van der Waals surface area contributed by atoms with Gasteiger partial charge in [0, 0.05) is 20.9 Å². The van der Waals surface area contributed by atoms with Gasteiger partial charge in [0.2, 0.25) is 0 Å². The Balaban J connectivity index is 1.60. The first-order valence-electron chi connectivity index (χ1n) is 9.77. The molecule has 2 atom stereocenters. The maximum atomic E-state index is 12.7. The highest BCUT2D eigenvalue weighted by molar-refractivity contribution is 7.94. The zero-order chi connectivity index (χ0) is 23.1. The van der Waals surface area contributed by atoms with E-state index in [1.165, 1.54) is 0 Å². The van der Waals surface area contributed by atoms with Gasteiger partial charge in [0.25, 0.3) is 0 Å². The lowest BCUT2D eigenvalue weighted by Gasteiger charge is -2.09. The second kappa shape index (κ2) is 10.7. The van der Waals surface area contributed by atoms with Crippen molar-refractivity contribution in [2.75, 3.05) is 0 Å². The smallest absolute Gasteiger partial charge is 0.0574 e. The number of hydrogen-bond donors (Lipinski definition) is 0. The van der Waals surface area contributed by atoms with Crippen molar-refractivity contribution in [1.82, 2.24) is 0 Å². The average Bonchev–Trinajstić information content (AvgIpc) is 2.84. The summed E-state index contributed by atoms with van der Waals surface area (Å²) in [6.07, 6.45) is 10.7. The van der Waals surface area contributed by atoms with E-state index in [2.05, 4.69) is 25.0 Å². The summed E-state index contributed by atoms with van der Waals surface area (Å²) < 4.78 is 25.4. The topological polar surface area (TPSA) is 34.1 Å². The van der Waals surface area contributed by atoms with E-state index in [0.29, 0.717) is 21.3 Å². The molecule has 3 aromatic rings. The molecule has 0 aliphatic heterocycles. The van der Waals surface area contributed by atoms with Crippen LogP contribution in [0.1, 0.15) is 33.4 Å². The van der Waals surface area contributed by atoms with Gasteiger partial charge in [0.15, 0.2) is 0 Å². The minimum atomic E-state index is -1.26. The molecule has 0 amide bonds. The van der Waals surface area contributed by atoms with Crippen molar-refractivity contribution in [3.8, 4) is 24.7 Å². The number of terminal acetylenes is 2. The standard InChI is InChI=1S/C28H22O2S2/c1-5-23-11-15-27(16-12-23)21(3)31(29)19-25-7-9-26(10-8-25)20-32(30)22(4)28-17-13-24(6-2)14-18-28/h1-2,7-18H,3-4,19-20H2/t31-,32-/m0/s1. The van der Waals surface area contributed by atoms with E-state index in [4.69, 9.17) is 12.8 Å². The van der Waals surface area contributed by atoms with Crippen molar-refractivity contribution in [2.45, 2.75) is 11.5 Å². The fourth-order valence-corrected chi connectivity index (χ4v) is 5.11. The molecule has 0 saturated heterocycles. The fraction of sp³-hybridized carbons (Fsp3) is 0.0714. The van der Waals surface area contributed by atoms with Crippen LogP contribution in [-0.4, -0.2) is 8.42 Å². The Morgan fingerprint density at radius 3 is 1.22 bits per heavy atom. The molecule has 158 valence electrons. The summed E-state index contributed by atoms with van der Waals surface area (Å²) in [5.74, 6) is 5.83. The summed E-state index contributed by atoms with van der Waals surface area (Å²) in [5, 5.41) is 0. The van der Waals surface area contributed by atoms with Crippen molar-refractivity contribution in [1.29, 1.82) is 0 Å². The molecule has 0 radical (unpaired) electrons. The van der Waals surface area contributed by atoms with Gasteiger partial charge in [0.05, 0.1) is 33.1 Å². The molecule has 3 rings (SSSR count). The second-order valence-corrected chi connectivity index (χ2v) is 10.0. The Bertz CT molecular complexity index is 1170. The van der Waals surface area contributed by atoms with Crippen LogP contribution in [0.2, 0.25) is 0 Å². The van der Waals surface area contributed by atoms with E-state index >= 15 is 0 Å². The summed E-state index contributed by atoms with van der Waals surface area (Å²) in [7, 11) is -2.52. The van der Waals surface area contributed by atoms with Gasteiger partial charge in [-0.3, -0.25) is 8.42 Å². The molecular formula is C28H22O2S2. The maximum Gasteiger partial charge on any atom is 0.0574 e. The largest absolute Gasteiger partial charge is 0.254 e. The molecule has 0 bridgehead atoms. The van der Waals surface area contributed by atoms with Crippen LogP contribution < -0.4 is 0 Å². The Morgan fingerprint density at radius 2 is 0.938 bits per heavy atom. The molecule has 0 saturated carbocycles. The summed E-state index contributed by atoms with van der Waals surface area (Å²) in [4.78, 5) is 1.12. The van der Waals surface area contributed by atoms with Crippen molar-refractivity contribution in [3.63, 3.8) is 0 Å². The Kier molecular flexibility index (Phi) is 7.79. The van der Waals surface area contributed by atoms with Crippen molar-refractivity contribution in [2.24, 2.45) is 0 Å². The van der Waals surface area contributed by atoms with Gasteiger partial charge in [-0.2, -0.15) is 0 Å². The number of hydrogen-bond acceptors (Lipinski definition) is 2. The number of rotatable bonds is 8. The first-order chi connectivity index (χ1) is 15.4. The van der Waals surface area contributed by atoms with Gasteiger partial charge in [-0.05, 0) is 46.5 Å². The fourth-order valence-electron chi connectivity index (χ4n) is 2.98. The third-order valence-electron chi connectivity index (χ3n) is 4.92. The first kappa shape index (κ1) is 23.2. The van der Waals surface area contributed by atoms with Crippen LogP contribution in [0, 0.1) is 24.7 Å². The molecule has 0 unspecified atom stereocenters. The highest BCUT2D eigenvalue weighted by atomic mass is 32.2. The Hall–Kier alpha value is -3.44. The van der Waals surface area contributed by atoms with Crippen LogP contribution in [0.3, 0.4) is 0 Å². The summed E-state index contributed by atoms with van der Waals surface area (Å²) >= 11 is 0. The van der Waals surface area contributed by atoms with Crippen molar-refractivity contribution >= 4 is 31.4 Å². The molecule has 0 spiro atoms. The highest BCUT2D eigenvalue weighted by Crippen LogP contribution is 2.22. The molecule has 0 aliphatic rings. The molecule has 4 heteroatoms. The second-order valence-electron chi connectivity index (χ2n) is 7.09. The Labute approximate surface area is 195 Å². The SMILES string of the molecule is C#Cc1ccc(C(=C)[S@@](=O)Cc2ccc(C[S@](=O)C(=C)c3ccc(C#C)cc3)cc2)cc1. The van der Waals surface area contributed by atoms with Crippen LogP contribution >= 0.6 is 0 Å². The molecule has 32 heavy (non-hydrogen) atoms. The van der Waals surface area contributed by atoms with Crippen molar-refractivity contribution in [3.05, 3.63) is 119 Å². The quantitative estimate of drug-likeness (QED) is 0.422. The highest BCUT2D eigenvalue weighted by Gasteiger charge is 2.11. The summed E-state index contributed by atoms with van der Waals surface area (Å²) in [6, 6.07) is 22.2. The zero-order valence-electron chi connectivity index (χ0n) is 17.5. The molecule has 0 aromatic heterocycles. The van der Waals surface area contributed by atoms with Gasteiger partial charge in [-0.15, -0.1) is 12.8 Å². The molecule has 0 aliphatic carbocycles. The summed E-state index contributed by atoms with van der Waals surface area (Å²) in [5.41, 5.74) is 5.00. The molecule has 2 nitrogen and oxygen atoms in total. The van der Waals surface area contributed by atoms with E-state index in [-0.39, 0.29) is 0 Å². The normalized spacial score (nSPS) is 12.2. The minimum Gasteiger partial charge on any atom is -0.254 e. The predicted octanol–water partition coefficient (Wildman–Crippen LogP) is 5.49. The van der Waals surface area contributed by atoms with E-state index in [0.717, 1.165) is 33.4 Å². The van der Waals surface area contributed by atoms with Gasteiger partial charge >= 0.3 is 0 Å². The monoisotopic (exact) mass is 454 g/mol. The van der Waals surface area contributed by atoms with Crippen LogP contribution in [0.4, 0.5) is 0 Å².